The van der Waals surface area contributed by atoms with Crippen molar-refractivity contribution >= 4 is 28.8 Å². The molecule has 0 bridgehead atoms. The molecule has 0 fully saturated rings. The summed E-state index contributed by atoms with van der Waals surface area (Å²) < 4.78 is 2.28. The molecular weight excluding hydrogens is 318 g/mol. The Morgan fingerprint density at radius 3 is 2.88 bits per heavy atom. The van der Waals surface area contributed by atoms with E-state index in [1.807, 2.05) is 17.8 Å². The number of aryl methyl sites for hydroxylation is 2. The first kappa shape index (κ1) is 18.6. The normalized spacial score (nSPS) is 11.9. The van der Waals surface area contributed by atoms with Gasteiger partial charge in [-0.3, -0.25) is 4.99 Å². The van der Waals surface area contributed by atoms with Crippen molar-refractivity contribution in [2.45, 2.75) is 33.2 Å². The maximum atomic E-state index is 4.67. The van der Waals surface area contributed by atoms with E-state index < -0.39 is 0 Å². The number of benzene rings is 1. The number of rotatable bonds is 9. The van der Waals surface area contributed by atoms with Gasteiger partial charge in [0.15, 0.2) is 5.96 Å². The Morgan fingerprint density at radius 2 is 2.08 bits per heavy atom. The Morgan fingerprint density at radius 1 is 1.25 bits per heavy atom. The molecule has 0 aliphatic heterocycles. The van der Waals surface area contributed by atoms with E-state index in [1.54, 1.807) is 0 Å². The fourth-order valence-corrected chi connectivity index (χ4v) is 3.10. The van der Waals surface area contributed by atoms with Crippen molar-refractivity contribution in [3.8, 4) is 0 Å². The van der Waals surface area contributed by atoms with Crippen LogP contribution in [-0.4, -0.2) is 47.2 Å². The zero-order valence-electron chi connectivity index (χ0n) is 15.0. The van der Waals surface area contributed by atoms with Crippen LogP contribution in [0.4, 0.5) is 0 Å². The number of aromatic nitrogens is 2. The molecule has 2 rings (SSSR count). The number of nitrogens with one attached hydrogen (secondary N) is 2. The zero-order valence-corrected chi connectivity index (χ0v) is 15.8. The molecule has 0 aliphatic carbocycles. The number of para-hydroxylation sites is 2. The molecule has 1 heterocycles. The van der Waals surface area contributed by atoms with E-state index in [1.165, 1.54) is 11.3 Å². The third-order valence-electron chi connectivity index (χ3n) is 3.82. The summed E-state index contributed by atoms with van der Waals surface area (Å²) >= 11 is 1.88. The van der Waals surface area contributed by atoms with Crippen molar-refractivity contribution in [2.75, 3.05) is 31.6 Å². The number of fused-ring (bicyclic) bond motifs is 1. The topological polar surface area (TPSA) is 54.2 Å². The summed E-state index contributed by atoms with van der Waals surface area (Å²) in [5.74, 6) is 3.17. The lowest BCUT2D eigenvalue weighted by Crippen LogP contribution is -2.38. The third kappa shape index (κ3) is 5.44. The molecule has 6 heteroatoms. The van der Waals surface area contributed by atoms with Gasteiger partial charge in [-0.2, -0.15) is 11.8 Å². The van der Waals surface area contributed by atoms with Gasteiger partial charge in [0.25, 0.3) is 0 Å². The van der Waals surface area contributed by atoms with Gasteiger partial charge in [-0.25, -0.2) is 4.98 Å². The second-order valence-electron chi connectivity index (χ2n) is 5.69. The molecule has 0 amide bonds. The molecule has 0 saturated carbocycles. The number of aliphatic imine (C=N–C) groups is 1. The van der Waals surface area contributed by atoms with Crippen LogP contribution in [0.2, 0.25) is 0 Å². The SMILES string of the molecule is CCNC(=NCCCn1c(C)nc2ccccc21)NCCCSC. The van der Waals surface area contributed by atoms with Crippen LogP contribution in [0.25, 0.3) is 11.0 Å². The molecule has 0 unspecified atom stereocenters. The van der Waals surface area contributed by atoms with E-state index >= 15 is 0 Å². The Labute approximate surface area is 149 Å². The summed E-state index contributed by atoms with van der Waals surface area (Å²) in [6.07, 6.45) is 4.30. The summed E-state index contributed by atoms with van der Waals surface area (Å²) in [5.41, 5.74) is 2.28. The van der Waals surface area contributed by atoms with Crippen LogP contribution in [0, 0.1) is 6.92 Å². The van der Waals surface area contributed by atoms with E-state index in [9.17, 15) is 0 Å². The summed E-state index contributed by atoms with van der Waals surface area (Å²) in [6.45, 7) is 7.78. The van der Waals surface area contributed by atoms with E-state index in [-0.39, 0.29) is 0 Å². The number of hydrogen-bond donors (Lipinski definition) is 2. The highest BCUT2D eigenvalue weighted by atomic mass is 32.2. The minimum absolute atomic E-state index is 0.809. The predicted molar refractivity (Wildman–Crippen MR) is 106 cm³/mol. The molecule has 5 nitrogen and oxygen atoms in total. The van der Waals surface area contributed by atoms with E-state index in [0.717, 1.165) is 56.3 Å². The summed E-state index contributed by atoms with van der Waals surface area (Å²) in [4.78, 5) is 9.29. The molecular formula is C18H29N5S. The first-order chi connectivity index (χ1) is 11.8. The van der Waals surface area contributed by atoms with Gasteiger partial charge in [0.2, 0.25) is 0 Å². The molecule has 0 atom stereocenters. The molecule has 0 spiro atoms. The van der Waals surface area contributed by atoms with Crippen molar-refractivity contribution in [3.05, 3.63) is 30.1 Å². The van der Waals surface area contributed by atoms with Crippen LogP contribution in [0.1, 0.15) is 25.6 Å². The third-order valence-corrected chi connectivity index (χ3v) is 4.51. The highest BCUT2D eigenvalue weighted by Crippen LogP contribution is 2.15. The van der Waals surface area contributed by atoms with Crippen molar-refractivity contribution in [1.29, 1.82) is 0 Å². The Balaban J connectivity index is 1.85. The van der Waals surface area contributed by atoms with Crippen molar-refractivity contribution in [1.82, 2.24) is 20.2 Å². The monoisotopic (exact) mass is 347 g/mol. The molecule has 2 aromatic rings. The van der Waals surface area contributed by atoms with Crippen molar-refractivity contribution in [2.24, 2.45) is 4.99 Å². The van der Waals surface area contributed by atoms with Crippen LogP contribution in [0.5, 0.6) is 0 Å². The lowest BCUT2D eigenvalue weighted by molar-refractivity contribution is 0.645. The van der Waals surface area contributed by atoms with Gasteiger partial charge in [0, 0.05) is 26.2 Å². The van der Waals surface area contributed by atoms with Gasteiger partial charge in [-0.15, -0.1) is 0 Å². The van der Waals surface area contributed by atoms with Gasteiger partial charge in [-0.1, -0.05) is 12.1 Å². The fourth-order valence-electron chi connectivity index (χ4n) is 2.66. The summed E-state index contributed by atoms with van der Waals surface area (Å²) in [5, 5.41) is 6.70. The first-order valence-corrected chi connectivity index (χ1v) is 10.1. The molecule has 132 valence electrons. The highest BCUT2D eigenvalue weighted by molar-refractivity contribution is 7.98. The van der Waals surface area contributed by atoms with Crippen LogP contribution >= 0.6 is 11.8 Å². The Kier molecular flexibility index (Phi) is 7.95. The molecule has 0 radical (unpaired) electrons. The minimum Gasteiger partial charge on any atom is -0.357 e. The van der Waals surface area contributed by atoms with Gasteiger partial charge in [0.1, 0.15) is 5.82 Å². The smallest absolute Gasteiger partial charge is 0.191 e. The lowest BCUT2D eigenvalue weighted by atomic mass is 10.3. The zero-order chi connectivity index (χ0) is 17.2. The second kappa shape index (κ2) is 10.2. The number of guanidine groups is 1. The number of thioether (sulfide) groups is 1. The number of hydrogen-bond acceptors (Lipinski definition) is 3. The number of imidazole rings is 1. The van der Waals surface area contributed by atoms with Gasteiger partial charge >= 0.3 is 0 Å². The molecule has 0 aliphatic rings. The first-order valence-electron chi connectivity index (χ1n) is 8.69. The van der Waals surface area contributed by atoms with Gasteiger partial charge in [0.05, 0.1) is 11.0 Å². The molecule has 1 aromatic heterocycles. The van der Waals surface area contributed by atoms with E-state index in [2.05, 4.69) is 63.5 Å². The molecule has 1 aromatic carbocycles. The van der Waals surface area contributed by atoms with Gasteiger partial charge < -0.3 is 15.2 Å². The summed E-state index contributed by atoms with van der Waals surface area (Å²) in [6, 6.07) is 8.31. The highest BCUT2D eigenvalue weighted by Gasteiger charge is 2.05. The van der Waals surface area contributed by atoms with Gasteiger partial charge in [-0.05, 0) is 50.8 Å². The van der Waals surface area contributed by atoms with E-state index in [4.69, 9.17) is 0 Å². The largest absolute Gasteiger partial charge is 0.357 e. The van der Waals surface area contributed by atoms with E-state index in [0.29, 0.717) is 0 Å². The van der Waals surface area contributed by atoms with Crippen LogP contribution in [0.15, 0.2) is 29.3 Å². The standard InChI is InChI=1S/C18H29N5S/c1-4-19-18(21-12-8-14-24-3)20-11-7-13-23-15(2)22-16-9-5-6-10-17(16)23/h5-6,9-10H,4,7-8,11-14H2,1-3H3,(H2,19,20,21). The Hall–Kier alpha value is -1.69. The number of nitrogens with zero attached hydrogens (tertiary/aromatic N) is 3. The van der Waals surface area contributed by atoms with Crippen LogP contribution in [-0.2, 0) is 6.54 Å². The maximum Gasteiger partial charge on any atom is 0.191 e. The average molecular weight is 348 g/mol. The molecule has 24 heavy (non-hydrogen) atoms. The fraction of sp³-hybridized carbons (Fsp3) is 0.556. The molecule has 0 saturated heterocycles. The average Bonchev–Trinajstić information content (AvgIpc) is 2.91. The van der Waals surface area contributed by atoms with Crippen LogP contribution in [0.3, 0.4) is 0 Å². The second-order valence-corrected chi connectivity index (χ2v) is 6.67. The lowest BCUT2D eigenvalue weighted by Gasteiger charge is -2.11. The maximum absolute atomic E-state index is 4.67. The Bertz CT molecular complexity index is 650. The van der Waals surface area contributed by atoms with Crippen molar-refractivity contribution in [3.63, 3.8) is 0 Å². The van der Waals surface area contributed by atoms with Crippen LogP contribution < -0.4 is 10.6 Å². The molecule has 2 N–H and O–H groups in total. The summed E-state index contributed by atoms with van der Waals surface area (Å²) in [7, 11) is 0. The minimum atomic E-state index is 0.809. The predicted octanol–water partition coefficient (Wildman–Crippen LogP) is 3.04. The van der Waals surface area contributed by atoms with Crippen molar-refractivity contribution < 1.29 is 0 Å². The quantitative estimate of drug-likeness (QED) is 0.416.